The lowest BCUT2D eigenvalue weighted by atomic mass is 10.0. The maximum atomic E-state index is 6.03. The summed E-state index contributed by atoms with van der Waals surface area (Å²) < 4.78 is 11.7. The second-order valence-corrected chi connectivity index (χ2v) is 6.32. The van der Waals surface area contributed by atoms with Gasteiger partial charge in [0, 0.05) is 29.6 Å². The van der Waals surface area contributed by atoms with E-state index in [0.717, 1.165) is 44.2 Å². The van der Waals surface area contributed by atoms with Crippen LogP contribution in [0.4, 0.5) is 0 Å². The van der Waals surface area contributed by atoms with Crippen LogP contribution in [-0.4, -0.2) is 37.2 Å². The van der Waals surface area contributed by atoms with Crippen molar-refractivity contribution in [3.05, 3.63) is 35.6 Å². The molecule has 1 aliphatic heterocycles. The molecular weight excluding hydrogens is 264 g/mol. The van der Waals surface area contributed by atoms with Crippen molar-refractivity contribution in [2.45, 2.75) is 32.5 Å². The van der Waals surface area contributed by atoms with Crippen LogP contribution in [0.15, 0.2) is 28.7 Å². The van der Waals surface area contributed by atoms with Crippen molar-refractivity contribution in [1.29, 1.82) is 0 Å². The standard InChI is InChI=1S/C17H24N2O2/c1-17(2)12-20-9-8-19(17)11-14-13-6-4-5-7-15(13)21-16(14)10-18-3/h4-7,18H,8-12H2,1-3H3. The van der Waals surface area contributed by atoms with E-state index in [2.05, 4.69) is 36.2 Å². The molecule has 0 aliphatic carbocycles. The lowest BCUT2D eigenvalue weighted by Gasteiger charge is -2.42. The van der Waals surface area contributed by atoms with Crippen molar-refractivity contribution in [3.8, 4) is 0 Å². The Hall–Kier alpha value is -1.36. The Kier molecular flexibility index (Phi) is 4.02. The molecule has 2 aromatic rings. The smallest absolute Gasteiger partial charge is 0.134 e. The van der Waals surface area contributed by atoms with Crippen LogP contribution in [0.5, 0.6) is 0 Å². The van der Waals surface area contributed by atoms with E-state index in [-0.39, 0.29) is 5.54 Å². The fourth-order valence-corrected chi connectivity index (χ4v) is 3.00. The van der Waals surface area contributed by atoms with Gasteiger partial charge in [-0.05, 0) is 27.0 Å². The number of fused-ring (bicyclic) bond motifs is 1. The van der Waals surface area contributed by atoms with Crippen LogP contribution in [0.25, 0.3) is 11.0 Å². The van der Waals surface area contributed by atoms with Gasteiger partial charge < -0.3 is 14.5 Å². The Morgan fingerprint density at radius 3 is 2.86 bits per heavy atom. The molecule has 4 heteroatoms. The largest absolute Gasteiger partial charge is 0.459 e. The second-order valence-electron chi connectivity index (χ2n) is 6.32. The highest BCUT2D eigenvalue weighted by molar-refractivity contribution is 5.82. The van der Waals surface area contributed by atoms with Crippen molar-refractivity contribution in [3.63, 3.8) is 0 Å². The molecule has 0 spiro atoms. The van der Waals surface area contributed by atoms with Crippen molar-refractivity contribution < 1.29 is 9.15 Å². The average molecular weight is 288 g/mol. The summed E-state index contributed by atoms with van der Waals surface area (Å²) >= 11 is 0. The summed E-state index contributed by atoms with van der Waals surface area (Å²) in [5, 5.41) is 4.43. The van der Waals surface area contributed by atoms with Gasteiger partial charge in [-0.1, -0.05) is 18.2 Å². The minimum Gasteiger partial charge on any atom is -0.459 e. The van der Waals surface area contributed by atoms with Crippen LogP contribution >= 0.6 is 0 Å². The molecule has 0 saturated carbocycles. The van der Waals surface area contributed by atoms with Crippen LogP contribution in [-0.2, 0) is 17.8 Å². The van der Waals surface area contributed by atoms with Gasteiger partial charge in [0.05, 0.1) is 19.8 Å². The second kappa shape index (κ2) is 5.79. The van der Waals surface area contributed by atoms with Crippen molar-refractivity contribution in [2.24, 2.45) is 0 Å². The summed E-state index contributed by atoms with van der Waals surface area (Å²) in [5.74, 6) is 1.04. The monoisotopic (exact) mass is 288 g/mol. The van der Waals surface area contributed by atoms with Gasteiger partial charge in [-0.15, -0.1) is 0 Å². The number of ether oxygens (including phenoxy) is 1. The minimum absolute atomic E-state index is 0.0630. The van der Waals surface area contributed by atoms with E-state index < -0.39 is 0 Å². The number of para-hydroxylation sites is 1. The number of morpholine rings is 1. The molecule has 0 amide bonds. The van der Waals surface area contributed by atoms with E-state index in [1.54, 1.807) is 0 Å². The van der Waals surface area contributed by atoms with Gasteiger partial charge in [0.25, 0.3) is 0 Å². The third kappa shape index (κ3) is 2.84. The quantitative estimate of drug-likeness (QED) is 0.939. The predicted molar refractivity (Wildman–Crippen MR) is 84.3 cm³/mol. The fraction of sp³-hybridized carbons (Fsp3) is 0.529. The van der Waals surface area contributed by atoms with E-state index >= 15 is 0 Å². The lowest BCUT2D eigenvalue weighted by molar-refractivity contribution is -0.0553. The molecular formula is C17H24N2O2. The molecule has 3 rings (SSSR count). The van der Waals surface area contributed by atoms with Gasteiger partial charge in [0.2, 0.25) is 0 Å². The molecule has 1 aliphatic rings. The lowest BCUT2D eigenvalue weighted by Crippen LogP contribution is -2.52. The summed E-state index contributed by atoms with van der Waals surface area (Å²) in [5.41, 5.74) is 2.34. The Morgan fingerprint density at radius 2 is 2.10 bits per heavy atom. The fourth-order valence-electron chi connectivity index (χ4n) is 3.00. The number of furan rings is 1. The van der Waals surface area contributed by atoms with E-state index in [1.165, 1.54) is 10.9 Å². The zero-order chi connectivity index (χ0) is 14.9. The summed E-state index contributed by atoms with van der Waals surface area (Å²) in [6.07, 6.45) is 0. The molecule has 1 aromatic heterocycles. The number of nitrogens with zero attached hydrogens (tertiary/aromatic N) is 1. The molecule has 1 aromatic carbocycles. The van der Waals surface area contributed by atoms with Crippen LogP contribution in [0.3, 0.4) is 0 Å². The van der Waals surface area contributed by atoms with Crippen molar-refractivity contribution in [2.75, 3.05) is 26.8 Å². The molecule has 4 nitrogen and oxygen atoms in total. The summed E-state index contributed by atoms with van der Waals surface area (Å²) in [6.45, 7) is 8.70. The van der Waals surface area contributed by atoms with Gasteiger partial charge in [-0.3, -0.25) is 4.90 Å². The Bertz CT molecular complexity index is 618. The van der Waals surface area contributed by atoms with Crippen molar-refractivity contribution in [1.82, 2.24) is 10.2 Å². The average Bonchev–Trinajstić information content (AvgIpc) is 2.79. The maximum Gasteiger partial charge on any atom is 0.134 e. The Balaban J connectivity index is 1.96. The van der Waals surface area contributed by atoms with Gasteiger partial charge in [-0.25, -0.2) is 0 Å². The van der Waals surface area contributed by atoms with E-state index in [4.69, 9.17) is 9.15 Å². The zero-order valence-electron chi connectivity index (χ0n) is 13.1. The van der Waals surface area contributed by atoms with Crippen LogP contribution in [0.2, 0.25) is 0 Å². The molecule has 1 N–H and O–H groups in total. The van der Waals surface area contributed by atoms with Crippen LogP contribution < -0.4 is 5.32 Å². The third-order valence-electron chi connectivity index (χ3n) is 4.29. The maximum absolute atomic E-state index is 6.03. The van der Waals surface area contributed by atoms with E-state index in [0.29, 0.717) is 0 Å². The normalized spacial score (nSPS) is 19.2. The van der Waals surface area contributed by atoms with E-state index in [9.17, 15) is 0 Å². The molecule has 114 valence electrons. The predicted octanol–water partition coefficient (Wildman–Crippen LogP) is 2.76. The highest BCUT2D eigenvalue weighted by atomic mass is 16.5. The number of hydrogen-bond acceptors (Lipinski definition) is 4. The summed E-state index contributed by atoms with van der Waals surface area (Å²) in [4.78, 5) is 2.49. The van der Waals surface area contributed by atoms with Crippen molar-refractivity contribution >= 4 is 11.0 Å². The van der Waals surface area contributed by atoms with Gasteiger partial charge in [-0.2, -0.15) is 0 Å². The molecule has 0 atom stereocenters. The molecule has 1 fully saturated rings. The number of nitrogens with one attached hydrogen (secondary N) is 1. The van der Waals surface area contributed by atoms with Gasteiger partial charge in [0.15, 0.2) is 0 Å². The highest BCUT2D eigenvalue weighted by Gasteiger charge is 2.31. The number of rotatable bonds is 4. The first kappa shape index (κ1) is 14.6. The first-order valence-corrected chi connectivity index (χ1v) is 7.58. The molecule has 2 heterocycles. The SMILES string of the molecule is CNCc1oc2ccccc2c1CN1CCOCC1(C)C. The molecule has 0 bridgehead atoms. The minimum atomic E-state index is 0.0630. The van der Waals surface area contributed by atoms with Gasteiger partial charge in [0.1, 0.15) is 11.3 Å². The van der Waals surface area contributed by atoms with Gasteiger partial charge >= 0.3 is 0 Å². The molecule has 0 unspecified atom stereocenters. The summed E-state index contributed by atoms with van der Waals surface area (Å²) in [6, 6.07) is 8.30. The molecule has 1 saturated heterocycles. The Morgan fingerprint density at radius 1 is 1.29 bits per heavy atom. The highest BCUT2D eigenvalue weighted by Crippen LogP contribution is 2.30. The third-order valence-corrected chi connectivity index (χ3v) is 4.29. The molecule has 0 radical (unpaired) electrons. The number of hydrogen-bond donors (Lipinski definition) is 1. The van der Waals surface area contributed by atoms with Crippen LogP contribution in [0.1, 0.15) is 25.2 Å². The first-order chi connectivity index (χ1) is 10.1. The number of benzene rings is 1. The topological polar surface area (TPSA) is 37.6 Å². The Labute approximate surface area is 126 Å². The zero-order valence-corrected chi connectivity index (χ0v) is 13.1. The first-order valence-electron chi connectivity index (χ1n) is 7.58. The van der Waals surface area contributed by atoms with E-state index in [1.807, 2.05) is 19.2 Å². The van der Waals surface area contributed by atoms with Crippen LogP contribution in [0, 0.1) is 0 Å². The summed E-state index contributed by atoms with van der Waals surface area (Å²) in [7, 11) is 1.95. The molecule has 21 heavy (non-hydrogen) atoms.